The molecule has 0 radical (unpaired) electrons. The number of thioether (sulfide) groups is 1. The number of nitrogens with one attached hydrogen (secondary N) is 1. The first-order valence-corrected chi connectivity index (χ1v) is 11.0. The van der Waals surface area contributed by atoms with E-state index in [9.17, 15) is 0 Å². The molecule has 0 spiro atoms. The Hall–Kier alpha value is -0.930. The molecule has 1 N–H and O–H groups in total. The van der Waals surface area contributed by atoms with Crippen molar-refractivity contribution in [3.63, 3.8) is 0 Å². The van der Waals surface area contributed by atoms with E-state index in [0.29, 0.717) is 0 Å². The fourth-order valence-electron chi connectivity index (χ4n) is 5.37. The maximum absolute atomic E-state index is 3.65. The van der Waals surface area contributed by atoms with Crippen molar-refractivity contribution >= 4 is 22.7 Å². The lowest BCUT2D eigenvalue weighted by atomic mass is 9.72. The molecule has 2 heterocycles. The molecule has 2 fully saturated rings. The number of benzene rings is 1. The number of aromatic amines is 1. The van der Waals surface area contributed by atoms with Crippen LogP contribution in [0.15, 0.2) is 18.2 Å². The molecule has 1 saturated heterocycles. The van der Waals surface area contributed by atoms with Gasteiger partial charge in [-0.2, -0.15) is 11.8 Å². The molecule has 2 aromatic rings. The monoisotopic (exact) mass is 340 g/mol. The molecule has 1 saturated carbocycles. The molecule has 1 aromatic carbocycles. The summed E-state index contributed by atoms with van der Waals surface area (Å²) in [5.41, 5.74) is 5.99. The van der Waals surface area contributed by atoms with Crippen LogP contribution in [-0.2, 0) is 6.42 Å². The highest BCUT2D eigenvalue weighted by molar-refractivity contribution is 7.98. The molecule has 2 nitrogen and oxygen atoms in total. The molecular weight excluding hydrogens is 312 g/mol. The van der Waals surface area contributed by atoms with Gasteiger partial charge in [-0.05, 0) is 73.6 Å². The third-order valence-electron chi connectivity index (χ3n) is 6.59. The molecule has 0 bridgehead atoms. The number of hydrogen-bond donors (Lipinski definition) is 1. The minimum atomic E-state index is 0.733. The van der Waals surface area contributed by atoms with Gasteiger partial charge in [0, 0.05) is 41.6 Å². The Morgan fingerprint density at radius 1 is 1.25 bits per heavy atom. The molecule has 24 heavy (non-hydrogen) atoms. The Labute approximate surface area is 149 Å². The molecular formula is C21H28N2S. The third-order valence-corrected chi connectivity index (χ3v) is 7.40. The zero-order valence-electron chi connectivity index (χ0n) is 14.8. The van der Waals surface area contributed by atoms with E-state index in [-0.39, 0.29) is 0 Å². The number of likely N-dealkylation sites (tertiary alicyclic amines) is 1. The summed E-state index contributed by atoms with van der Waals surface area (Å²) in [6, 6.07) is 7.69. The molecule has 3 aliphatic rings. The first-order chi connectivity index (χ1) is 11.7. The smallest absolute Gasteiger partial charge is 0.0461 e. The van der Waals surface area contributed by atoms with Crippen LogP contribution >= 0.6 is 11.8 Å². The van der Waals surface area contributed by atoms with E-state index in [2.05, 4.69) is 41.3 Å². The predicted molar refractivity (Wildman–Crippen MR) is 104 cm³/mol. The predicted octanol–water partition coefficient (Wildman–Crippen LogP) is 4.58. The van der Waals surface area contributed by atoms with E-state index in [1.165, 1.54) is 55.7 Å². The van der Waals surface area contributed by atoms with E-state index < -0.39 is 0 Å². The summed E-state index contributed by atoms with van der Waals surface area (Å²) >= 11 is 2.03. The van der Waals surface area contributed by atoms with Crippen molar-refractivity contribution in [1.29, 1.82) is 0 Å². The molecule has 0 amide bonds. The zero-order chi connectivity index (χ0) is 16.3. The SMILES string of the molecule is CSCC1C[C@@H]2c3cccc4[nH]c(C)c(c34)C[C@H]2N(CC2CC2)C1. The largest absolute Gasteiger partial charge is 0.358 e. The lowest BCUT2D eigenvalue weighted by molar-refractivity contribution is 0.0876. The van der Waals surface area contributed by atoms with Crippen molar-refractivity contribution in [2.75, 3.05) is 25.1 Å². The van der Waals surface area contributed by atoms with Gasteiger partial charge in [0.2, 0.25) is 0 Å². The van der Waals surface area contributed by atoms with Crippen molar-refractivity contribution in [2.24, 2.45) is 11.8 Å². The van der Waals surface area contributed by atoms with Gasteiger partial charge in [0.05, 0.1) is 0 Å². The van der Waals surface area contributed by atoms with Gasteiger partial charge in [0.1, 0.15) is 0 Å². The standard InChI is InChI=1S/C21H28N2S/c1-13-17-9-20-18(16-4-3-5-19(22-13)21(16)17)8-15(12-24-2)11-23(20)10-14-6-7-14/h3-5,14-15,18,20,22H,6-12H2,1-2H3/t15?,18-,20-/m1/s1. The fourth-order valence-corrected chi connectivity index (χ4v) is 6.08. The van der Waals surface area contributed by atoms with Crippen LogP contribution in [0.5, 0.6) is 0 Å². The van der Waals surface area contributed by atoms with Crippen LogP contribution in [0.3, 0.4) is 0 Å². The summed E-state index contributed by atoms with van der Waals surface area (Å²) in [4.78, 5) is 6.54. The minimum absolute atomic E-state index is 0.733. The summed E-state index contributed by atoms with van der Waals surface area (Å²) in [5, 5.41) is 1.56. The maximum atomic E-state index is 3.65. The first-order valence-electron chi connectivity index (χ1n) is 9.57. The number of hydrogen-bond acceptors (Lipinski definition) is 2. The number of rotatable bonds is 4. The van der Waals surface area contributed by atoms with Crippen molar-refractivity contribution in [3.8, 4) is 0 Å². The Balaban J connectivity index is 1.57. The third kappa shape index (κ3) is 2.43. The average Bonchev–Trinajstić information content (AvgIpc) is 3.33. The number of aryl methyl sites for hydroxylation is 1. The summed E-state index contributed by atoms with van der Waals surface area (Å²) in [5.74, 6) is 3.90. The van der Waals surface area contributed by atoms with Gasteiger partial charge in [-0.25, -0.2) is 0 Å². The average molecular weight is 341 g/mol. The second kappa shape index (κ2) is 5.81. The second-order valence-corrected chi connectivity index (χ2v) is 9.24. The molecule has 1 aliphatic heterocycles. The molecule has 1 aromatic heterocycles. The van der Waals surface area contributed by atoms with Crippen molar-refractivity contribution in [3.05, 3.63) is 35.0 Å². The van der Waals surface area contributed by atoms with E-state index >= 15 is 0 Å². The second-order valence-electron chi connectivity index (χ2n) is 8.33. The Morgan fingerprint density at radius 2 is 2.12 bits per heavy atom. The summed E-state index contributed by atoms with van der Waals surface area (Å²) in [7, 11) is 0. The van der Waals surface area contributed by atoms with Gasteiger partial charge in [0.25, 0.3) is 0 Å². The highest BCUT2D eigenvalue weighted by Gasteiger charge is 2.42. The Kier molecular flexibility index (Phi) is 3.71. The quantitative estimate of drug-likeness (QED) is 0.878. The highest BCUT2D eigenvalue weighted by atomic mass is 32.2. The number of H-pyrrole nitrogens is 1. The molecule has 3 atom stereocenters. The van der Waals surface area contributed by atoms with E-state index in [1.807, 2.05) is 11.8 Å². The molecule has 128 valence electrons. The van der Waals surface area contributed by atoms with Crippen LogP contribution in [-0.4, -0.2) is 41.0 Å². The summed E-state index contributed by atoms with van der Waals surface area (Å²) < 4.78 is 0. The van der Waals surface area contributed by atoms with Crippen molar-refractivity contribution in [1.82, 2.24) is 9.88 Å². The van der Waals surface area contributed by atoms with Crippen molar-refractivity contribution < 1.29 is 0 Å². The van der Waals surface area contributed by atoms with Crippen LogP contribution in [0.2, 0.25) is 0 Å². The van der Waals surface area contributed by atoms with Crippen LogP contribution in [0.25, 0.3) is 10.9 Å². The number of aromatic nitrogens is 1. The molecule has 2 aliphatic carbocycles. The lowest BCUT2D eigenvalue weighted by Crippen LogP contribution is -2.51. The molecule has 1 unspecified atom stereocenters. The van der Waals surface area contributed by atoms with Gasteiger partial charge < -0.3 is 4.98 Å². The van der Waals surface area contributed by atoms with E-state index in [0.717, 1.165) is 23.8 Å². The zero-order valence-corrected chi connectivity index (χ0v) is 15.7. The van der Waals surface area contributed by atoms with Crippen LogP contribution < -0.4 is 0 Å². The van der Waals surface area contributed by atoms with Crippen LogP contribution in [0, 0.1) is 18.8 Å². The van der Waals surface area contributed by atoms with Crippen molar-refractivity contribution in [2.45, 2.75) is 44.6 Å². The summed E-state index contributed by atoms with van der Waals surface area (Å²) in [6.45, 7) is 4.94. The number of piperidine rings is 1. The molecule has 3 heteroatoms. The van der Waals surface area contributed by atoms with Crippen LogP contribution in [0.1, 0.15) is 42.0 Å². The molecule has 5 rings (SSSR count). The number of fused-ring (bicyclic) bond motifs is 2. The summed E-state index contributed by atoms with van der Waals surface area (Å²) in [6.07, 6.45) is 7.84. The highest BCUT2D eigenvalue weighted by Crippen LogP contribution is 2.47. The van der Waals surface area contributed by atoms with E-state index in [4.69, 9.17) is 0 Å². The lowest BCUT2D eigenvalue weighted by Gasteiger charge is -2.47. The Bertz CT molecular complexity index is 761. The first kappa shape index (κ1) is 15.3. The van der Waals surface area contributed by atoms with Gasteiger partial charge in [0.15, 0.2) is 0 Å². The van der Waals surface area contributed by atoms with Crippen LogP contribution in [0.4, 0.5) is 0 Å². The van der Waals surface area contributed by atoms with E-state index in [1.54, 1.807) is 16.5 Å². The van der Waals surface area contributed by atoms with Gasteiger partial charge >= 0.3 is 0 Å². The van der Waals surface area contributed by atoms with Gasteiger partial charge in [-0.1, -0.05) is 12.1 Å². The van der Waals surface area contributed by atoms with Gasteiger partial charge in [-0.15, -0.1) is 0 Å². The normalized spacial score (nSPS) is 29.8. The van der Waals surface area contributed by atoms with Gasteiger partial charge in [-0.3, -0.25) is 4.90 Å². The maximum Gasteiger partial charge on any atom is 0.0461 e. The fraction of sp³-hybridized carbons (Fsp3) is 0.619. The topological polar surface area (TPSA) is 19.0 Å². The Morgan fingerprint density at radius 3 is 2.92 bits per heavy atom. The number of nitrogens with zero attached hydrogens (tertiary/aromatic N) is 1. The minimum Gasteiger partial charge on any atom is -0.358 e.